The van der Waals surface area contributed by atoms with Crippen LogP contribution >= 0.6 is 0 Å². The van der Waals surface area contributed by atoms with Gasteiger partial charge in [-0.05, 0) is 59.3 Å². The largest absolute Gasteiger partial charge is 0.488 e. The number of carbonyl (C=O) groups is 1. The van der Waals surface area contributed by atoms with Crippen molar-refractivity contribution in [3.63, 3.8) is 0 Å². The summed E-state index contributed by atoms with van der Waals surface area (Å²) < 4.78 is 11.3. The molecule has 0 fully saturated rings. The van der Waals surface area contributed by atoms with E-state index >= 15 is 0 Å². The molecular weight excluding hydrogens is 304 g/mol. The topological polar surface area (TPSA) is 50.8 Å². The Labute approximate surface area is 145 Å². The third kappa shape index (κ3) is 5.41. The third-order valence-corrected chi connectivity index (χ3v) is 4.26. The van der Waals surface area contributed by atoms with Gasteiger partial charge in [-0.3, -0.25) is 4.90 Å². The molecule has 0 aromatic heterocycles. The first-order valence-electron chi connectivity index (χ1n) is 8.68. The van der Waals surface area contributed by atoms with Gasteiger partial charge in [-0.2, -0.15) is 0 Å². The van der Waals surface area contributed by atoms with E-state index in [9.17, 15) is 4.79 Å². The number of para-hydroxylation sites is 1. The molecule has 134 valence electrons. The zero-order valence-corrected chi connectivity index (χ0v) is 15.5. The Kier molecular flexibility index (Phi) is 6.10. The van der Waals surface area contributed by atoms with Gasteiger partial charge in [-0.1, -0.05) is 18.2 Å². The molecule has 0 saturated heterocycles. The van der Waals surface area contributed by atoms with Crippen molar-refractivity contribution < 1.29 is 14.3 Å². The average Bonchev–Trinajstić information content (AvgIpc) is 2.92. The van der Waals surface area contributed by atoms with Gasteiger partial charge < -0.3 is 14.8 Å². The van der Waals surface area contributed by atoms with Crippen LogP contribution in [0.1, 0.15) is 39.7 Å². The molecule has 1 aromatic rings. The van der Waals surface area contributed by atoms with E-state index in [1.165, 1.54) is 5.56 Å². The number of ether oxygens (including phenoxy) is 2. The maximum Gasteiger partial charge on any atom is 0.407 e. The second-order valence-electron chi connectivity index (χ2n) is 7.47. The van der Waals surface area contributed by atoms with Gasteiger partial charge in [0.05, 0.1) is 0 Å². The average molecular weight is 334 g/mol. The maximum absolute atomic E-state index is 11.6. The lowest BCUT2D eigenvalue weighted by Crippen LogP contribution is -2.42. The molecule has 1 amide bonds. The number of hydrogen-bond donors (Lipinski definition) is 1. The molecule has 2 atom stereocenters. The predicted octanol–water partition coefficient (Wildman–Crippen LogP) is 3.23. The van der Waals surface area contributed by atoms with Gasteiger partial charge in [0.25, 0.3) is 0 Å². The van der Waals surface area contributed by atoms with Crippen molar-refractivity contribution in [3.05, 3.63) is 29.8 Å². The zero-order chi connectivity index (χ0) is 17.7. The van der Waals surface area contributed by atoms with Gasteiger partial charge in [0.2, 0.25) is 0 Å². The number of carbonyl (C=O) groups excluding carboxylic acids is 1. The summed E-state index contributed by atoms with van der Waals surface area (Å²) in [5, 5.41) is 2.80. The number of nitrogens with one attached hydrogen (secondary N) is 1. The lowest BCUT2D eigenvalue weighted by Gasteiger charge is -2.29. The smallest absolute Gasteiger partial charge is 0.407 e. The fraction of sp³-hybridized carbons (Fsp3) is 0.632. The second-order valence-corrected chi connectivity index (χ2v) is 7.47. The van der Waals surface area contributed by atoms with Crippen molar-refractivity contribution in [2.45, 2.75) is 58.3 Å². The van der Waals surface area contributed by atoms with Gasteiger partial charge in [-0.15, -0.1) is 0 Å². The van der Waals surface area contributed by atoms with Gasteiger partial charge in [0, 0.05) is 19.0 Å². The second kappa shape index (κ2) is 7.88. The summed E-state index contributed by atoms with van der Waals surface area (Å²) in [7, 11) is 2.10. The molecule has 2 unspecified atom stereocenters. The number of hydrogen-bond acceptors (Lipinski definition) is 4. The highest BCUT2D eigenvalue weighted by Gasteiger charge is 2.29. The monoisotopic (exact) mass is 334 g/mol. The Hall–Kier alpha value is -1.75. The number of alkyl carbamates (subject to hydrolysis) is 1. The summed E-state index contributed by atoms with van der Waals surface area (Å²) in [4.78, 5) is 13.9. The van der Waals surface area contributed by atoms with Crippen molar-refractivity contribution in [1.82, 2.24) is 10.2 Å². The van der Waals surface area contributed by atoms with Crippen LogP contribution in [0.2, 0.25) is 0 Å². The summed E-state index contributed by atoms with van der Waals surface area (Å²) >= 11 is 0. The summed E-state index contributed by atoms with van der Waals surface area (Å²) in [6.45, 7) is 9.29. The molecule has 2 rings (SSSR count). The van der Waals surface area contributed by atoms with Crippen LogP contribution < -0.4 is 10.1 Å². The number of likely N-dealkylation sites (N-methyl/N-ethyl adjacent to an activating group) is 1. The van der Waals surface area contributed by atoms with Crippen LogP contribution in [0, 0.1) is 0 Å². The minimum absolute atomic E-state index is 0.186. The van der Waals surface area contributed by atoms with Crippen molar-refractivity contribution >= 4 is 6.09 Å². The molecule has 5 nitrogen and oxygen atoms in total. The quantitative estimate of drug-likeness (QED) is 0.812. The first-order chi connectivity index (χ1) is 11.3. The van der Waals surface area contributed by atoms with Crippen molar-refractivity contribution in [3.8, 4) is 5.75 Å². The minimum Gasteiger partial charge on any atom is -0.488 e. The highest BCUT2D eigenvalue weighted by Crippen LogP contribution is 2.30. The van der Waals surface area contributed by atoms with Crippen LogP contribution in [0.15, 0.2) is 24.3 Å². The molecule has 0 bridgehead atoms. The van der Waals surface area contributed by atoms with Crippen LogP contribution in [-0.2, 0) is 11.2 Å². The lowest BCUT2D eigenvalue weighted by atomic mass is 10.0. The van der Waals surface area contributed by atoms with Gasteiger partial charge >= 0.3 is 6.09 Å². The Balaban J connectivity index is 1.68. The van der Waals surface area contributed by atoms with Crippen LogP contribution in [0.5, 0.6) is 5.75 Å². The molecule has 0 aliphatic carbocycles. The molecule has 0 saturated carbocycles. The van der Waals surface area contributed by atoms with E-state index in [4.69, 9.17) is 9.47 Å². The summed E-state index contributed by atoms with van der Waals surface area (Å²) in [6.07, 6.45) is 1.66. The molecule has 1 heterocycles. The van der Waals surface area contributed by atoms with Gasteiger partial charge in [0.1, 0.15) is 17.5 Å². The predicted molar refractivity (Wildman–Crippen MR) is 95.5 cm³/mol. The van der Waals surface area contributed by atoms with E-state index < -0.39 is 5.60 Å². The SMILES string of the molecule is CC(C1Cc2ccccc2O1)N(C)CCCNC(=O)OC(C)(C)C. The van der Waals surface area contributed by atoms with Crippen LogP contribution in [-0.4, -0.2) is 48.9 Å². The molecule has 0 radical (unpaired) electrons. The number of rotatable bonds is 6. The van der Waals surface area contributed by atoms with Crippen molar-refractivity contribution in [2.24, 2.45) is 0 Å². The Morgan fingerprint density at radius 1 is 1.42 bits per heavy atom. The summed E-state index contributed by atoms with van der Waals surface area (Å²) in [6, 6.07) is 8.55. The highest BCUT2D eigenvalue weighted by molar-refractivity contribution is 5.67. The van der Waals surface area contributed by atoms with Crippen molar-refractivity contribution in [2.75, 3.05) is 20.1 Å². The molecule has 1 aliphatic rings. The fourth-order valence-corrected chi connectivity index (χ4v) is 2.80. The molecule has 5 heteroatoms. The fourth-order valence-electron chi connectivity index (χ4n) is 2.80. The van der Waals surface area contributed by atoms with E-state index in [-0.39, 0.29) is 12.2 Å². The number of amides is 1. The lowest BCUT2D eigenvalue weighted by molar-refractivity contribution is 0.0523. The number of benzene rings is 1. The first-order valence-corrected chi connectivity index (χ1v) is 8.68. The van der Waals surface area contributed by atoms with E-state index in [1.807, 2.05) is 32.9 Å². The van der Waals surface area contributed by atoms with Gasteiger partial charge in [-0.25, -0.2) is 4.79 Å². The van der Waals surface area contributed by atoms with E-state index in [2.05, 4.69) is 36.3 Å². The van der Waals surface area contributed by atoms with Crippen LogP contribution in [0.4, 0.5) is 4.79 Å². The van der Waals surface area contributed by atoms with E-state index in [0.717, 1.165) is 25.1 Å². The molecule has 1 N–H and O–H groups in total. The Bertz CT molecular complexity index is 529. The third-order valence-electron chi connectivity index (χ3n) is 4.26. The number of fused-ring (bicyclic) bond motifs is 1. The summed E-state index contributed by atoms with van der Waals surface area (Å²) in [5.74, 6) is 1.01. The Morgan fingerprint density at radius 2 is 2.12 bits per heavy atom. The molecule has 1 aromatic carbocycles. The Morgan fingerprint density at radius 3 is 2.79 bits per heavy atom. The molecule has 0 spiro atoms. The van der Waals surface area contributed by atoms with E-state index in [0.29, 0.717) is 12.6 Å². The molecule has 1 aliphatic heterocycles. The number of nitrogens with zero attached hydrogens (tertiary/aromatic N) is 1. The standard InChI is InChI=1S/C19H30N2O3/c1-14(17-13-15-9-6-7-10-16(15)23-17)21(5)12-8-11-20-18(22)24-19(2,3)4/h6-7,9-10,14,17H,8,11-13H2,1-5H3,(H,20,22). The van der Waals surface area contributed by atoms with Crippen LogP contribution in [0.3, 0.4) is 0 Å². The van der Waals surface area contributed by atoms with Crippen molar-refractivity contribution in [1.29, 1.82) is 0 Å². The van der Waals surface area contributed by atoms with E-state index in [1.54, 1.807) is 0 Å². The molecule has 24 heavy (non-hydrogen) atoms. The maximum atomic E-state index is 11.6. The summed E-state index contributed by atoms with van der Waals surface area (Å²) in [5.41, 5.74) is 0.832. The first kappa shape index (κ1) is 18.6. The molecular formula is C19H30N2O3. The van der Waals surface area contributed by atoms with Crippen LogP contribution in [0.25, 0.3) is 0 Å². The zero-order valence-electron chi connectivity index (χ0n) is 15.5. The normalized spacial score (nSPS) is 18.0. The minimum atomic E-state index is -0.454. The van der Waals surface area contributed by atoms with Gasteiger partial charge in [0.15, 0.2) is 0 Å². The highest BCUT2D eigenvalue weighted by atomic mass is 16.6.